The Hall–Kier alpha value is -4.34. The van der Waals surface area contributed by atoms with Crippen molar-refractivity contribution in [3.05, 3.63) is 71.3 Å². The predicted octanol–water partition coefficient (Wildman–Crippen LogP) is 3.69. The van der Waals surface area contributed by atoms with Crippen LogP contribution in [0.25, 0.3) is 10.9 Å². The zero-order chi connectivity index (χ0) is 21.0. The summed E-state index contributed by atoms with van der Waals surface area (Å²) in [6.45, 7) is 3.95. The molecule has 2 N–H and O–H groups in total. The number of para-hydroxylation sites is 1. The van der Waals surface area contributed by atoms with Gasteiger partial charge < -0.3 is 15.0 Å². The van der Waals surface area contributed by atoms with Crippen LogP contribution in [0.15, 0.2) is 71.4 Å². The molecule has 3 rings (SSSR count). The number of aromatic hydroxyl groups is 1. The Morgan fingerprint density at radius 3 is 2.55 bits per heavy atom. The van der Waals surface area contributed by atoms with Gasteiger partial charge >= 0.3 is 11.8 Å². The third-order valence-electron chi connectivity index (χ3n) is 4.00. The van der Waals surface area contributed by atoms with Gasteiger partial charge in [0.2, 0.25) is 5.88 Å². The van der Waals surface area contributed by atoms with Crippen LogP contribution in [-0.4, -0.2) is 26.4 Å². The molecule has 29 heavy (non-hydrogen) atoms. The number of anilines is 1. The van der Waals surface area contributed by atoms with E-state index in [0.29, 0.717) is 17.4 Å². The van der Waals surface area contributed by atoms with Crippen molar-refractivity contribution in [2.24, 2.45) is 10.2 Å². The van der Waals surface area contributed by atoms with Gasteiger partial charge in [-0.25, -0.2) is 0 Å². The zero-order valence-electron chi connectivity index (χ0n) is 15.0. The Balaban J connectivity index is 1.80. The minimum atomic E-state index is -1.19. The average Bonchev–Trinajstić information content (AvgIpc) is 2.98. The number of nitrogens with one attached hydrogen (secondary N) is 1. The number of nitro groups is 1. The lowest BCUT2D eigenvalue weighted by molar-refractivity contribution is -0.384. The van der Waals surface area contributed by atoms with E-state index in [9.17, 15) is 24.8 Å². The van der Waals surface area contributed by atoms with Crippen LogP contribution in [0.3, 0.4) is 0 Å². The molecule has 3 aromatic rings. The fourth-order valence-electron chi connectivity index (χ4n) is 2.68. The number of nitro benzene ring substituents is 1. The smallest absolute Gasteiger partial charge is 0.353 e. The van der Waals surface area contributed by atoms with Gasteiger partial charge in [0.15, 0.2) is 5.69 Å². The van der Waals surface area contributed by atoms with Crippen molar-refractivity contribution in [3.63, 3.8) is 0 Å². The van der Waals surface area contributed by atoms with Gasteiger partial charge in [0.05, 0.1) is 10.4 Å². The Bertz CT molecular complexity index is 1150. The van der Waals surface area contributed by atoms with Crippen LogP contribution >= 0.6 is 0 Å². The standard InChI is InChI=1S/C19H15N5O5/c1-2-11-23-15-6-4-3-5-14(15)16(19(23)27)21-22-18(26)17(25)20-12-7-9-13(10-8-12)24(28)29/h2-10,27H,1,11H2,(H,20,25). The Labute approximate surface area is 163 Å². The SMILES string of the molecule is C=CCn1c(O)c(N=NC(=O)C(=O)Nc2ccc([N+](=O)[O-])cc2)c2ccccc21. The van der Waals surface area contributed by atoms with E-state index in [-0.39, 0.29) is 22.9 Å². The van der Waals surface area contributed by atoms with Crippen molar-refractivity contribution in [1.29, 1.82) is 0 Å². The maximum absolute atomic E-state index is 12.0. The van der Waals surface area contributed by atoms with Gasteiger partial charge in [-0.1, -0.05) is 24.3 Å². The highest BCUT2D eigenvalue weighted by Crippen LogP contribution is 2.38. The molecule has 0 spiro atoms. The van der Waals surface area contributed by atoms with Gasteiger partial charge in [-0.3, -0.25) is 19.7 Å². The van der Waals surface area contributed by atoms with E-state index in [0.717, 1.165) is 0 Å². The highest BCUT2D eigenvalue weighted by Gasteiger charge is 2.18. The molecule has 2 aromatic carbocycles. The number of azo groups is 1. The molecule has 0 unspecified atom stereocenters. The van der Waals surface area contributed by atoms with Gasteiger partial charge in [0.1, 0.15) is 0 Å². The molecule has 1 heterocycles. The Morgan fingerprint density at radius 1 is 1.21 bits per heavy atom. The van der Waals surface area contributed by atoms with E-state index < -0.39 is 16.7 Å². The van der Waals surface area contributed by atoms with E-state index >= 15 is 0 Å². The number of aromatic nitrogens is 1. The molecule has 0 saturated carbocycles. The Kier molecular flexibility index (Phi) is 5.44. The summed E-state index contributed by atoms with van der Waals surface area (Å²) >= 11 is 0. The van der Waals surface area contributed by atoms with E-state index in [1.54, 1.807) is 30.3 Å². The molecule has 0 atom stereocenters. The number of amides is 2. The summed E-state index contributed by atoms with van der Waals surface area (Å²) in [6, 6.07) is 11.9. The minimum absolute atomic E-state index is 0.0546. The van der Waals surface area contributed by atoms with Crippen molar-refractivity contribution in [3.8, 4) is 5.88 Å². The molecule has 0 aliphatic heterocycles. The first-order valence-corrected chi connectivity index (χ1v) is 8.35. The fourth-order valence-corrected chi connectivity index (χ4v) is 2.68. The predicted molar refractivity (Wildman–Crippen MR) is 105 cm³/mol. The number of benzene rings is 2. The summed E-state index contributed by atoms with van der Waals surface area (Å²) in [5.41, 5.74) is 0.760. The largest absolute Gasteiger partial charge is 0.493 e. The maximum Gasteiger partial charge on any atom is 0.353 e. The summed E-state index contributed by atoms with van der Waals surface area (Å²) in [4.78, 5) is 34.0. The molecule has 2 amide bonds. The van der Waals surface area contributed by atoms with E-state index in [2.05, 4.69) is 22.1 Å². The second-order valence-electron chi connectivity index (χ2n) is 5.85. The fraction of sp³-hybridized carbons (Fsp3) is 0.0526. The van der Waals surface area contributed by atoms with Crippen molar-refractivity contribution in [1.82, 2.24) is 4.57 Å². The van der Waals surface area contributed by atoms with Crippen molar-refractivity contribution in [2.45, 2.75) is 6.54 Å². The number of hydrogen-bond acceptors (Lipinski definition) is 6. The maximum atomic E-state index is 12.0. The number of hydrogen-bond donors (Lipinski definition) is 2. The van der Waals surface area contributed by atoms with E-state index in [1.807, 2.05) is 0 Å². The first kappa shape index (κ1) is 19.4. The second-order valence-corrected chi connectivity index (χ2v) is 5.85. The molecule has 10 nitrogen and oxygen atoms in total. The monoisotopic (exact) mass is 393 g/mol. The molecule has 0 aliphatic rings. The third kappa shape index (κ3) is 4.00. The van der Waals surface area contributed by atoms with E-state index in [1.165, 1.54) is 28.8 Å². The number of nitrogens with zero attached hydrogens (tertiary/aromatic N) is 4. The van der Waals surface area contributed by atoms with Crippen LogP contribution in [0.5, 0.6) is 5.88 Å². The summed E-state index contributed by atoms with van der Waals surface area (Å²) in [6.07, 6.45) is 1.59. The van der Waals surface area contributed by atoms with E-state index in [4.69, 9.17) is 0 Å². The van der Waals surface area contributed by atoms with Crippen molar-refractivity contribution >= 4 is 39.8 Å². The Morgan fingerprint density at radius 2 is 1.90 bits per heavy atom. The first-order chi connectivity index (χ1) is 13.9. The van der Waals surface area contributed by atoms with Gasteiger partial charge in [-0.15, -0.1) is 16.8 Å². The molecule has 0 saturated heterocycles. The summed E-state index contributed by atoms with van der Waals surface area (Å²) in [5.74, 6) is -2.47. The lowest BCUT2D eigenvalue weighted by Gasteiger charge is -2.02. The van der Waals surface area contributed by atoms with Crippen molar-refractivity contribution < 1.29 is 19.6 Å². The first-order valence-electron chi connectivity index (χ1n) is 8.35. The van der Waals surface area contributed by atoms with Crippen LogP contribution in [0.4, 0.5) is 17.1 Å². The van der Waals surface area contributed by atoms with Crippen LogP contribution in [0.2, 0.25) is 0 Å². The molecular weight excluding hydrogens is 378 g/mol. The summed E-state index contributed by atoms with van der Waals surface area (Å²) in [5, 5.41) is 31.0. The summed E-state index contributed by atoms with van der Waals surface area (Å²) in [7, 11) is 0. The lowest BCUT2D eigenvalue weighted by Crippen LogP contribution is -2.20. The van der Waals surface area contributed by atoms with Gasteiger partial charge in [-0.05, 0) is 18.2 Å². The molecule has 0 aliphatic carbocycles. The highest BCUT2D eigenvalue weighted by atomic mass is 16.6. The van der Waals surface area contributed by atoms with Crippen LogP contribution in [0.1, 0.15) is 0 Å². The third-order valence-corrected chi connectivity index (χ3v) is 4.00. The molecule has 0 fully saturated rings. The molecular formula is C19H15N5O5. The average molecular weight is 393 g/mol. The lowest BCUT2D eigenvalue weighted by atomic mass is 10.2. The molecule has 1 aromatic heterocycles. The number of non-ortho nitro benzene ring substituents is 1. The zero-order valence-corrected chi connectivity index (χ0v) is 15.0. The second kappa shape index (κ2) is 8.13. The number of carbonyl (C=O) groups is 2. The van der Waals surface area contributed by atoms with Gasteiger partial charge in [0.25, 0.3) is 5.69 Å². The normalized spacial score (nSPS) is 10.9. The number of carbonyl (C=O) groups excluding carboxylic acids is 2. The van der Waals surface area contributed by atoms with Gasteiger partial charge in [0, 0.05) is 29.8 Å². The number of fused-ring (bicyclic) bond motifs is 1. The van der Waals surface area contributed by atoms with Crippen LogP contribution < -0.4 is 5.32 Å². The van der Waals surface area contributed by atoms with Crippen LogP contribution in [-0.2, 0) is 16.1 Å². The number of allylic oxidation sites excluding steroid dienone is 1. The van der Waals surface area contributed by atoms with Crippen molar-refractivity contribution in [2.75, 3.05) is 5.32 Å². The minimum Gasteiger partial charge on any atom is -0.493 e. The topological polar surface area (TPSA) is 139 Å². The molecule has 0 bridgehead atoms. The van der Waals surface area contributed by atoms with Crippen LogP contribution in [0, 0.1) is 10.1 Å². The quantitative estimate of drug-likeness (QED) is 0.224. The number of rotatable bonds is 5. The molecule has 0 radical (unpaired) electrons. The molecule has 146 valence electrons. The van der Waals surface area contributed by atoms with Gasteiger partial charge in [-0.2, -0.15) is 0 Å². The summed E-state index contributed by atoms with van der Waals surface area (Å²) < 4.78 is 1.54. The highest BCUT2D eigenvalue weighted by molar-refractivity contribution is 6.40. The molecule has 10 heteroatoms.